The van der Waals surface area contributed by atoms with E-state index in [1.807, 2.05) is 18.2 Å². The molecule has 5 nitrogen and oxygen atoms in total. The van der Waals surface area contributed by atoms with Crippen molar-refractivity contribution in [3.8, 4) is 5.75 Å². The fourth-order valence-corrected chi connectivity index (χ4v) is 2.23. The lowest BCUT2D eigenvalue weighted by Gasteiger charge is -2.15. The SMILES string of the molecule is Cc1c(Cl)cccc1NC(=O)[C@@H](C)OC(=O)CCOc1ccccc1. The smallest absolute Gasteiger partial charge is 0.310 e. The second-order valence-electron chi connectivity index (χ2n) is 5.45. The molecule has 0 unspecified atom stereocenters. The first kappa shape index (κ1) is 18.8. The van der Waals surface area contributed by atoms with Gasteiger partial charge < -0.3 is 14.8 Å². The van der Waals surface area contributed by atoms with Gasteiger partial charge in [-0.3, -0.25) is 9.59 Å². The van der Waals surface area contributed by atoms with E-state index < -0.39 is 18.0 Å². The van der Waals surface area contributed by atoms with E-state index in [0.717, 1.165) is 5.56 Å². The van der Waals surface area contributed by atoms with Crippen LogP contribution in [0.4, 0.5) is 5.69 Å². The molecular weight excluding hydrogens is 342 g/mol. The van der Waals surface area contributed by atoms with Gasteiger partial charge in [0.1, 0.15) is 5.75 Å². The number of rotatable bonds is 7. The maximum atomic E-state index is 12.1. The Bertz CT molecular complexity index is 733. The van der Waals surface area contributed by atoms with Gasteiger partial charge in [-0.25, -0.2) is 0 Å². The van der Waals surface area contributed by atoms with E-state index in [4.69, 9.17) is 21.1 Å². The van der Waals surface area contributed by atoms with Crippen LogP contribution in [0.25, 0.3) is 0 Å². The van der Waals surface area contributed by atoms with Gasteiger partial charge in [-0.15, -0.1) is 0 Å². The molecule has 0 saturated heterocycles. The molecular formula is C19H20ClNO4. The van der Waals surface area contributed by atoms with E-state index >= 15 is 0 Å². The Hall–Kier alpha value is -2.53. The van der Waals surface area contributed by atoms with Gasteiger partial charge in [0.2, 0.25) is 0 Å². The number of halogens is 1. The zero-order chi connectivity index (χ0) is 18.2. The van der Waals surface area contributed by atoms with E-state index in [0.29, 0.717) is 16.5 Å². The highest BCUT2D eigenvalue weighted by atomic mass is 35.5. The Morgan fingerprint density at radius 2 is 1.84 bits per heavy atom. The minimum absolute atomic E-state index is 0.0582. The number of esters is 1. The number of carbonyl (C=O) groups excluding carboxylic acids is 2. The predicted molar refractivity (Wildman–Crippen MR) is 96.9 cm³/mol. The summed E-state index contributed by atoms with van der Waals surface area (Å²) in [5.74, 6) is -0.235. The lowest BCUT2D eigenvalue weighted by molar-refractivity contribution is -0.153. The molecule has 2 rings (SSSR count). The van der Waals surface area contributed by atoms with Gasteiger partial charge in [0.25, 0.3) is 5.91 Å². The first-order valence-corrected chi connectivity index (χ1v) is 8.28. The van der Waals surface area contributed by atoms with Crippen LogP contribution in [0.1, 0.15) is 18.9 Å². The van der Waals surface area contributed by atoms with Crippen molar-refractivity contribution in [2.24, 2.45) is 0 Å². The molecule has 25 heavy (non-hydrogen) atoms. The molecule has 132 valence electrons. The summed E-state index contributed by atoms with van der Waals surface area (Å²) < 4.78 is 10.6. The topological polar surface area (TPSA) is 64.6 Å². The molecule has 2 aromatic carbocycles. The van der Waals surface area contributed by atoms with E-state index in [9.17, 15) is 9.59 Å². The monoisotopic (exact) mass is 361 g/mol. The molecule has 0 radical (unpaired) electrons. The van der Waals surface area contributed by atoms with Crippen LogP contribution in [0.3, 0.4) is 0 Å². The Kier molecular flexibility index (Phi) is 6.83. The van der Waals surface area contributed by atoms with Crippen molar-refractivity contribution in [3.63, 3.8) is 0 Å². The number of hydrogen-bond acceptors (Lipinski definition) is 4. The van der Waals surface area contributed by atoms with Gasteiger partial charge >= 0.3 is 5.97 Å². The number of para-hydroxylation sites is 1. The Morgan fingerprint density at radius 1 is 1.12 bits per heavy atom. The third kappa shape index (κ3) is 5.80. The first-order valence-electron chi connectivity index (χ1n) is 7.90. The van der Waals surface area contributed by atoms with Crippen LogP contribution in [0, 0.1) is 6.92 Å². The third-order valence-electron chi connectivity index (χ3n) is 3.52. The lowest BCUT2D eigenvalue weighted by Crippen LogP contribution is -2.30. The van der Waals surface area contributed by atoms with Crippen LogP contribution in [-0.2, 0) is 14.3 Å². The molecule has 1 atom stereocenters. The molecule has 0 saturated carbocycles. The largest absolute Gasteiger partial charge is 0.493 e. The van der Waals surface area contributed by atoms with Gasteiger partial charge in [0.15, 0.2) is 6.10 Å². The molecule has 0 fully saturated rings. The van der Waals surface area contributed by atoms with Gasteiger partial charge in [0.05, 0.1) is 13.0 Å². The highest BCUT2D eigenvalue weighted by Gasteiger charge is 2.18. The third-order valence-corrected chi connectivity index (χ3v) is 3.93. The van der Waals surface area contributed by atoms with E-state index in [1.54, 1.807) is 37.3 Å². The van der Waals surface area contributed by atoms with Crippen LogP contribution in [0.15, 0.2) is 48.5 Å². The average Bonchev–Trinajstić information content (AvgIpc) is 2.59. The summed E-state index contributed by atoms with van der Waals surface area (Å²) in [5.41, 5.74) is 1.35. The normalized spacial score (nSPS) is 11.5. The van der Waals surface area contributed by atoms with Crippen LogP contribution in [-0.4, -0.2) is 24.6 Å². The summed E-state index contributed by atoms with van der Waals surface area (Å²) in [6, 6.07) is 14.4. The molecule has 2 aromatic rings. The van der Waals surface area contributed by atoms with Crippen molar-refractivity contribution in [1.29, 1.82) is 0 Å². The molecule has 0 aliphatic heterocycles. The standard InChI is InChI=1S/C19H20ClNO4/c1-13-16(20)9-6-10-17(13)21-19(23)14(2)25-18(22)11-12-24-15-7-4-3-5-8-15/h3-10,14H,11-12H2,1-2H3,(H,21,23)/t14-/m1/s1. The first-order chi connectivity index (χ1) is 12.0. The summed E-state index contributed by atoms with van der Waals surface area (Å²) >= 11 is 6.02. The second kappa shape index (κ2) is 9.08. The zero-order valence-electron chi connectivity index (χ0n) is 14.1. The fourth-order valence-electron chi connectivity index (χ4n) is 2.06. The quantitative estimate of drug-likeness (QED) is 0.757. The van der Waals surface area contributed by atoms with Crippen molar-refractivity contribution < 1.29 is 19.1 Å². The molecule has 0 spiro atoms. The van der Waals surface area contributed by atoms with Crippen molar-refractivity contribution >= 4 is 29.2 Å². The van der Waals surface area contributed by atoms with Gasteiger partial charge in [-0.2, -0.15) is 0 Å². The minimum atomic E-state index is -0.914. The highest BCUT2D eigenvalue weighted by Crippen LogP contribution is 2.23. The number of amides is 1. The van der Waals surface area contributed by atoms with E-state index in [-0.39, 0.29) is 13.0 Å². The average molecular weight is 362 g/mol. The summed E-state index contributed by atoms with van der Waals surface area (Å²) in [4.78, 5) is 24.0. The summed E-state index contributed by atoms with van der Waals surface area (Å²) in [6.45, 7) is 3.51. The van der Waals surface area contributed by atoms with E-state index in [2.05, 4.69) is 5.32 Å². The van der Waals surface area contributed by atoms with Crippen molar-refractivity contribution in [3.05, 3.63) is 59.1 Å². The summed E-state index contributed by atoms with van der Waals surface area (Å²) in [6.07, 6.45) is -0.856. The fraction of sp³-hybridized carbons (Fsp3) is 0.263. The maximum Gasteiger partial charge on any atom is 0.310 e. The van der Waals surface area contributed by atoms with Gasteiger partial charge in [-0.05, 0) is 43.7 Å². The summed E-state index contributed by atoms with van der Waals surface area (Å²) in [7, 11) is 0. The van der Waals surface area contributed by atoms with Crippen LogP contribution in [0.2, 0.25) is 5.02 Å². The minimum Gasteiger partial charge on any atom is -0.493 e. The maximum absolute atomic E-state index is 12.1. The molecule has 0 aliphatic rings. The zero-order valence-corrected chi connectivity index (χ0v) is 14.9. The van der Waals surface area contributed by atoms with Crippen LogP contribution < -0.4 is 10.1 Å². The molecule has 0 aliphatic carbocycles. The highest BCUT2D eigenvalue weighted by molar-refractivity contribution is 6.31. The predicted octanol–water partition coefficient (Wildman–Crippen LogP) is 3.99. The molecule has 0 heterocycles. The van der Waals surface area contributed by atoms with Crippen molar-refractivity contribution in [2.75, 3.05) is 11.9 Å². The number of ether oxygens (including phenoxy) is 2. The Morgan fingerprint density at radius 3 is 2.56 bits per heavy atom. The second-order valence-corrected chi connectivity index (χ2v) is 5.85. The molecule has 0 bridgehead atoms. The van der Waals surface area contributed by atoms with E-state index in [1.165, 1.54) is 6.92 Å². The number of nitrogens with one attached hydrogen (secondary N) is 1. The number of benzene rings is 2. The van der Waals surface area contributed by atoms with Crippen molar-refractivity contribution in [1.82, 2.24) is 0 Å². The van der Waals surface area contributed by atoms with Gasteiger partial charge in [-0.1, -0.05) is 35.9 Å². The number of hydrogen-bond donors (Lipinski definition) is 1. The summed E-state index contributed by atoms with van der Waals surface area (Å²) in [5, 5.41) is 3.26. The van der Waals surface area contributed by atoms with Crippen molar-refractivity contribution in [2.45, 2.75) is 26.4 Å². The van der Waals surface area contributed by atoms with Crippen LogP contribution in [0.5, 0.6) is 5.75 Å². The number of carbonyl (C=O) groups is 2. The molecule has 6 heteroatoms. The van der Waals surface area contributed by atoms with Gasteiger partial charge in [0, 0.05) is 10.7 Å². The molecule has 0 aromatic heterocycles. The number of anilines is 1. The molecule has 1 amide bonds. The lowest BCUT2D eigenvalue weighted by atomic mass is 10.2. The Labute approximate surface area is 151 Å². The molecule has 1 N–H and O–H groups in total. The van der Waals surface area contributed by atoms with Crippen LogP contribution >= 0.6 is 11.6 Å². The Balaban J connectivity index is 1.78.